The predicted octanol–water partition coefficient (Wildman–Crippen LogP) is 5.55. The summed E-state index contributed by atoms with van der Waals surface area (Å²) in [7, 11) is 0. The van der Waals surface area contributed by atoms with Crippen LogP contribution in [0.4, 0.5) is 18.9 Å². The van der Waals surface area contributed by atoms with Crippen molar-refractivity contribution < 1.29 is 17.9 Å². The lowest BCUT2D eigenvalue weighted by atomic mass is 9.82. The number of rotatable bonds is 6. The van der Waals surface area contributed by atoms with Gasteiger partial charge in [0.05, 0.1) is 0 Å². The van der Waals surface area contributed by atoms with Crippen molar-refractivity contribution in [1.29, 1.82) is 0 Å². The molecule has 3 atom stereocenters. The van der Waals surface area contributed by atoms with Gasteiger partial charge in [-0.05, 0) is 60.3 Å². The van der Waals surface area contributed by atoms with Gasteiger partial charge >= 0.3 is 6.18 Å². The highest BCUT2D eigenvalue weighted by Crippen LogP contribution is 2.44. The lowest BCUT2D eigenvalue weighted by molar-refractivity contribution is -0.154. The summed E-state index contributed by atoms with van der Waals surface area (Å²) in [5.74, 6) is 2.32. The maximum Gasteiger partial charge on any atom is 0.422 e. The molecule has 0 aromatic carbocycles. The van der Waals surface area contributed by atoms with Crippen LogP contribution >= 0.6 is 11.6 Å². The minimum absolute atomic E-state index is 0.0582. The van der Waals surface area contributed by atoms with Crippen LogP contribution in [-0.2, 0) is 6.42 Å². The number of halogens is 4. The molecule has 0 spiro atoms. The molecule has 5 rings (SSSR count). The molecule has 2 fully saturated rings. The van der Waals surface area contributed by atoms with Gasteiger partial charge in [0.2, 0.25) is 5.88 Å². The number of hydrogen-bond acceptors (Lipinski definition) is 5. The molecule has 6 nitrogen and oxygen atoms in total. The molecule has 0 amide bonds. The maximum absolute atomic E-state index is 12.7. The zero-order chi connectivity index (χ0) is 24.0. The molecule has 182 valence electrons. The molecule has 2 aliphatic rings. The average molecular weight is 494 g/mol. The standard InChI is InChI=1S/C24H27ClF3N5O/c1-14(2)18-5-6-22(34-13-24(26,27)28)33-23(18)30-21(31-33)10-19-15-3-4-16(19)12-32(11-15)17-7-8-29-20(25)9-17/h5-9,14-16,19H,3-4,10-13H2,1-2H3/t15-,16+,19?. The van der Waals surface area contributed by atoms with Crippen LogP contribution < -0.4 is 9.64 Å². The van der Waals surface area contributed by atoms with Gasteiger partial charge in [-0.25, -0.2) is 9.97 Å². The average Bonchev–Trinajstić information content (AvgIpc) is 3.28. The van der Waals surface area contributed by atoms with Crippen LogP contribution in [-0.4, -0.2) is 45.5 Å². The van der Waals surface area contributed by atoms with Gasteiger partial charge in [0.25, 0.3) is 0 Å². The quantitative estimate of drug-likeness (QED) is 0.421. The number of alkyl halides is 3. The molecule has 34 heavy (non-hydrogen) atoms. The number of piperidine rings is 1. The first kappa shape index (κ1) is 23.2. The minimum Gasteiger partial charge on any atom is -0.468 e. The van der Waals surface area contributed by atoms with Crippen molar-refractivity contribution in [2.75, 3.05) is 24.6 Å². The predicted molar refractivity (Wildman–Crippen MR) is 123 cm³/mol. The Labute approximate surface area is 201 Å². The normalized spacial score (nSPS) is 22.7. The van der Waals surface area contributed by atoms with E-state index in [0.717, 1.165) is 37.2 Å². The van der Waals surface area contributed by atoms with Crippen LogP contribution in [0, 0.1) is 17.8 Å². The number of nitrogens with zero attached hydrogens (tertiary/aromatic N) is 5. The van der Waals surface area contributed by atoms with E-state index >= 15 is 0 Å². The van der Waals surface area contributed by atoms with Crippen molar-refractivity contribution in [3.63, 3.8) is 0 Å². The molecule has 10 heteroatoms. The number of pyridine rings is 2. The van der Waals surface area contributed by atoms with E-state index in [-0.39, 0.29) is 11.8 Å². The van der Waals surface area contributed by atoms with Crippen molar-refractivity contribution in [3.8, 4) is 5.88 Å². The molecule has 3 aromatic rings. The van der Waals surface area contributed by atoms with Crippen LogP contribution in [0.15, 0.2) is 30.5 Å². The molecule has 1 saturated carbocycles. The van der Waals surface area contributed by atoms with Crippen LogP contribution in [0.3, 0.4) is 0 Å². The summed E-state index contributed by atoms with van der Waals surface area (Å²) >= 11 is 6.09. The summed E-state index contributed by atoms with van der Waals surface area (Å²) in [5.41, 5.74) is 2.60. The molecule has 3 aromatic heterocycles. The zero-order valence-corrected chi connectivity index (χ0v) is 19.9. The van der Waals surface area contributed by atoms with Crippen LogP contribution in [0.25, 0.3) is 5.65 Å². The monoisotopic (exact) mass is 493 g/mol. The van der Waals surface area contributed by atoms with Gasteiger partial charge in [-0.3, -0.25) is 0 Å². The highest BCUT2D eigenvalue weighted by molar-refractivity contribution is 6.29. The molecule has 1 aliphatic carbocycles. The highest BCUT2D eigenvalue weighted by Gasteiger charge is 2.42. The first-order valence-electron chi connectivity index (χ1n) is 11.6. The first-order valence-corrected chi connectivity index (χ1v) is 12.0. The fourth-order valence-electron chi connectivity index (χ4n) is 5.48. The molecule has 1 aliphatic heterocycles. The van der Waals surface area contributed by atoms with Crippen molar-refractivity contribution in [1.82, 2.24) is 19.6 Å². The second-order valence-corrected chi connectivity index (χ2v) is 10.0. The van der Waals surface area contributed by atoms with Gasteiger partial charge in [0.1, 0.15) is 5.15 Å². The number of anilines is 1. The Morgan fingerprint density at radius 3 is 2.53 bits per heavy atom. The van der Waals surface area contributed by atoms with Gasteiger partial charge in [0.15, 0.2) is 18.1 Å². The summed E-state index contributed by atoms with van der Waals surface area (Å²) in [4.78, 5) is 11.2. The minimum atomic E-state index is -4.42. The second-order valence-electron chi connectivity index (χ2n) is 9.66. The van der Waals surface area contributed by atoms with Crippen LogP contribution in [0.5, 0.6) is 5.88 Å². The zero-order valence-electron chi connectivity index (χ0n) is 19.1. The summed E-state index contributed by atoms with van der Waals surface area (Å²) in [6.07, 6.45) is 0.318. The lowest BCUT2D eigenvalue weighted by Gasteiger charge is -2.39. The summed E-state index contributed by atoms with van der Waals surface area (Å²) in [6.45, 7) is 4.57. The van der Waals surface area contributed by atoms with Gasteiger partial charge < -0.3 is 9.64 Å². The third-order valence-electron chi connectivity index (χ3n) is 7.05. The molecule has 2 bridgehead atoms. The Bertz CT molecular complexity index is 1170. The van der Waals surface area contributed by atoms with E-state index in [4.69, 9.17) is 21.3 Å². The van der Waals surface area contributed by atoms with Crippen molar-refractivity contribution in [2.24, 2.45) is 17.8 Å². The van der Waals surface area contributed by atoms with E-state index in [1.165, 1.54) is 4.52 Å². The molecule has 1 unspecified atom stereocenters. The number of hydrogen-bond donors (Lipinski definition) is 0. The third-order valence-corrected chi connectivity index (χ3v) is 7.26. The molecule has 1 saturated heterocycles. The van der Waals surface area contributed by atoms with E-state index in [9.17, 15) is 13.2 Å². The smallest absolute Gasteiger partial charge is 0.422 e. The number of fused-ring (bicyclic) bond motifs is 3. The number of aromatic nitrogens is 4. The van der Waals surface area contributed by atoms with E-state index in [1.807, 2.05) is 26.0 Å². The van der Waals surface area contributed by atoms with Crippen LogP contribution in [0.1, 0.15) is 44.0 Å². The van der Waals surface area contributed by atoms with Gasteiger partial charge in [-0.1, -0.05) is 25.4 Å². The topological polar surface area (TPSA) is 55.6 Å². The summed E-state index contributed by atoms with van der Waals surface area (Å²) < 4.78 is 44.7. The van der Waals surface area contributed by atoms with E-state index in [1.54, 1.807) is 18.3 Å². The molecular formula is C24H27ClF3N5O. The van der Waals surface area contributed by atoms with Crippen LogP contribution in [0.2, 0.25) is 5.15 Å². The summed E-state index contributed by atoms with van der Waals surface area (Å²) in [6, 6.07) is 7.23. The lowest BCUT2D eigenvalue weighted by Crippen LogP contribution is -2.42. The largest absolute Gasteiger partial charge is 0.468 e. The Balaban J connectivity index is 1.38. The van der Waals surface area contributed by atoms with E-state index in [2.05, 4.69) is 15.0 Å². The second kappa shape index (κ2) is 8.91. The van der Waals surface area contributed by atoms with Gasteiger partial charge in [-0.15, -0.1) is 5.10 Å². The first-order chi connectivity index (χ1) is 16.2. The maximum atomic E-state index is 12.7. The third kappa shape index (κ3) is 4.67. The van der Waals surface area contributed by atoms with Crippen molar-refractivity contribution >= 4 is 22.9 Å². The van der Waals surface area contributed by atoms with Gasteiger partial charge in [-0.2, -0.15) is 17.7 Å². The Hall–Kier alpha value is -2.55. The SMILES string of the molecule is CC(C)c1ccc(OCC(F)(F)F)n2nc(CC3[C@@H]4CC[C@H]3CN(c3ccnc(Cl)c3)C4)nc12. The summed E-state index contributed by atoms with van der Waals surface area (Å²) in [5, 5.41) is 5.10. The molecule has 0 N–H and O–H groups in total. The highest BCUT2D eigenvalue weighted by atomic mass is 35.5. The fourth-order valence-corrected chi connectivity index (χ4v) is 5.65. The van der Waals surface area contributed by atoms with Crippen molar-refractivity contribution in [2.45, 2.75) is 45.2 Å². The Kier molecular flexibility index (Phi) is 6.08. The molecule has 4 heterocycles. The fraction of sp³-hybridized carbons (Fsp3) is 0.542. The Morgan fingerprint density at radius 2 is 1.88 bits per heavy atom. The molecule has 0 radical (unpaired) electrons. The number of ether oxygens (including phenoxy) is 1. The van der Waals surface area contributed by atoms with E-state index in [0.29, 0.717) is 40.8 Å². The van der Waals surface area contributed by atoms with Gasteiger partial charge in [0, 0.05) is 37.5 Å². The Morgan fingerprint density at radius 1 is 1.15 bits per heavy atom. The van der Waals surface area contributed by atoms with Crippen molar-refractivity contribution in [3.05, 3.63) is 47.0 Å². The molecular weight excluding hydrogens is 467 g/mol. The van der Waals surface area contributed by atoms with E-state index < -0.39 is 12.8 Å².